The minimum Gasteiger partial charge on any atom is -0.497 e. The summed E-state index contributed by atoms with van der Waals surface area (Å²) in [4.78, 5) is 18.0. The van der Waals surface area contributed by atoms with Gasteiger partial charge >= 0.3 is 5.97 Å². The molecule has 0 N–H and O–H groups in total. The van der Waals surface area contributed by atoms with Gasteiger partial charge in [-0.25, -0.2) is 0 Å². The molecule has 0 bridgehead atoms. The lowest BCUT2D eigenvalue weighted by Gasteiger charge is -2.51. The minimum atomic E-state index is 0.0111. The highest BCUT2D eigenvalue weighted by atomic mass is 16.6. The molecule has 6 rings (SSSR count). The van der Waals surface area contributed by atoms with Gasteiger partial charge in [-0.05, 0) is 74.6 Å². The molecular weight excluding hydrogens is 416 g/mol. The molecular formula is C27H38N2O4. The average Bonchev–Trinajstić information content (AvgIpc) is 3.51. The fraction of sp³-hybridized carbons (Fsp3) is 0.741. The number of carbonyl (C=O) groups excluding carboxylic acids is 1. The van der Waals surface area contributed by atoms with Gasteiger partial charge in [-0.2, -0.15) is 0 Å². The van der Waals surface area contributed by atoms with E-state index in [1.165, 1.54) is 24.9 Å². The summed E-state index contributed by atoms with van der Waals surface area (Å²) in [6.07, 6.45) is 5.93. The van der Waals surface area contributed by atoms with E-state index >= 15 is 0 Å². The number of hydrogen-bond donors (Lipinski definition) is 0. The Hall–Kier alpha value is -1.79. The molecule has 3 saturated heterocycles. The highest BCUT2D eigenvalue weighted by molar-refractivity contribution is 5.75. The second-order valence-corrected chi connectivity index (χ2v) is 11.6. The Morgan fingerprint density at radius 2 is 1.97 bits per heavy atom. The van der Waals surface area contributed by atoms with Gasteiger partial charge in [0.1, 0.15) is 11.9 Å². The maximum Gasteiger partial charge on any atom is 0.310 e. The third-order valence-electron chi connectivity index (χ3n) is 9.65. The molecule has 0 amide bonds. The fourth-order valence-electron chi connectivity index (χ4n) is 7.80. The van der Waals surface area contributed by atoms with E-state index in [0.717, 1.165) is 51.4 Å². The first-order valence-corrected chi connectivity index (χ1v) is 12.9. The summed E-state index contributed by atoms with van der Waals surface area (Å²) in [5, 5.41) is 0. The molecule has 5 aliphatic rings. The summed E-state index contributed by atoms with van der Waals surface area (Å²) < 4.78 is 17.4. The first-order chi connectivity index (χ1) is 15.9. The molecule has 1 aromatic rings. The maximum absolute atomic E-state index is 13.0. The van der Waals surface area contributed by atoms with E-state index in [-0.39, 0.29) is 29.0 Å². The van der Waals surface area contributed by atoms with E-state index in [4.69, 9.17) is 14.2 Å². The molecule has 33 heavy (non-hydrogen) atoms. The first kappa shape index (κ1) is 21.7. The van der Waals surface area contributed by atoms with E-state index in [2.05, 4.69) is 35.8 Å². The summed E-state index contributed by atoms with van der Waals surface area (Å²) in [6, 6.07) is 8.74. The van der Waals surface area contributed by atoms with Crippen LogP contribution in [0.4, 0.5) is 5.69 Å². The second kappa shape index (κ2) is 7.88. The quantitative estimate of drug-likeness (QED) is 0.510. The minimum absolute atomic E-state index is 0.0111. The topological polar surface area (TPSA) is 54.5 Å². The van der Waals surface area contributed by atoms with E-state index in [1.54, 1.807) is 7.11 Å². The number of anilines is 1. The first-order valence-electron chi connectivity index (χ1n) is 12.9. The Labute approximate surface area is 197 Å². The lowest BCUT2D eigenvalue weighted by Crippen LogP contribution is -2.54. The van der Waals surface area contributed by atoms with Gasteiger partial charge in [0.25, 0.3) is 0 Å². The Morgan fingerprint density at radius 1 is 1.18 bits per heavy atom. The monoisotopic (exact) mass is 454 g/mol. The molecule has 2 aliphatic carbocycles. The molecule has 1 aromatic carbocycles. The Morgan fingerprint density at radius 3 is 2.67 bits per heavy atom. The second-order valence-electron chi connectivity index (χ2n) is 11.6. The molecule has 5 fully saturated rings. The van der Waals surface area contributed by atoms with Crippen LogP contribution in [0.5, 0.6) is 5.75 Å². The van der Waals surface area contributed by atoms with Crippen LogP contribution in [0.2, 0.25) is 0 Å². The Kier molecular flexibility index (Phi) is 5.18. The zero-order valence-corrected chi connectivity index (χ0v) is 20.3. The van der Waals surface area contributed by atoms with Crippen LogP contribution in [-0.4, -0.2) is 68.5 Å². The number of methoxy groups -OCH3 is 1. The molecule has 0 aromatic heterocycles. The molecule has 1 spiro atoms. The third kappa shape index (κ3) is 3.65. The SMILES string of the molecule is COc1ccc(N2CCN(C[C@@H]3C(=O)O[C@@H]4C[C@@]5(C)CCC[C@@]6(CO6)[C@@H]5C[C@H]34)C[C@@H]2C)cc1. The summed E-state index contributed by atoms with van der Waals surface area (Å²) in [6.45, 7) is 9.40. The van der Waals surface area contributed by atoms with E-state index in [1.807, 2.05) is 12.1 Å². The largest absolute Gasteiger partial charge is 0.497 e. The standard InChI is InChI=1S/C27H38N2O4/c1-18-15-28(11-12-29(18)19-5-7-20(31-3)8-6-19)16-22-21-13-24-26(2,14-23(21)33-25(22)30)9-4-10-27(24)17-32-27/h5-8,18,21-24H,4,9-17H2,1-3H3/t18-,21+,22-,23+,24+,26+,27+/m0/s1. The Bertz CT molecular complexity index is 900. The van der Waals surface area contributed by atoms with Crippen LogP contribution in [0.15, 0.2) is 24.3 Å². The molecule has 0 radical (unpaired) electrons. The van der Waals surface area contributed by atoms with Crippen LogP contribution < -0.4 is 9.64 Å². The van der Waals surface area contributed by atoms with Crippen LogP contribution in [0.3, 0.4) is 0 Å². The summed E-state index contributed by atoms with van der Waals surface area (Å²) in [5.41, 5.74) is 1.62. The van der Waals surface area contributed by atoms with Gasteiger partial charge in [0, 0.05) is 43.8 Å². The van der Waals surface area contributed by atoms with Crippen molar-refractivity contribution in [3.63, 3.8) is 0 Å². The number of rotatable bonds is 4. The number of carbonyl (C=O) groups is 1. The molecule has 0 unspecified atom stereocenters. The van der Waals surface area contributed by atoms with Crippen molar-refractivity contribution in [2.75, 3.05) is 44.8 Å². The zero-order valence-electron chi connectivity index (χ0n) is 20.3. The lowest BCUT2D eigenvalue weighted by atomic mass is 9.53. The van der Waals surface area contributed by atoms with Crippen molar-refractivity contribution in [1.82, 2.24) is 4.90 Å². The number of nitrogens with zero attached hydrogens (tertiary/aromatic N) is 2. The number of fused-ring (bicyclic) bond motifs is 3. The number of esters is 1. The number of piperazine rings is 1. The van der Waals surface area contributed by atoms with E-state index in [9.17, 15) is 4.79 Å². The molecule has 2 saturated carbocycles. The van der Waals surface area contributed by atoms with Crippen LogP contribution in [0.25, 0.3) is 0 Å². The fourth-order valence-corrected chi connectivity index (χ4v) is 7.80. The highest BCUT2D eigenvalue weighted by Gasteiger charge is 2.65. The number of hydrogen-bond acceptors (Lipinski definition) is 6. The van der Waals surface area contributed by atoms with E-state index < -0.39 is 0 Å². The molecule has 6 heteroatoms. The van der Waals surface area contributed by atoms with Crippen molar-refractivity contribution in [1.29, 1.82) is 0 Å². The van der Waals surface area contributed by atoms with Crippen LogP contribution >= 0.6 is 0 Å². The zero-order chi connectivity index (χ0) is 22.8. The summed E-state index contributed by atoms with van der Waals surface area (Å²) in [5.74, 6) is 1.88. The number of benzene rings is 1. The van der Waals surface area contributed by atoms with Gasteiger partial charge < -0.3 is 19.1 Å². The number of epoxide rings is 1. The van der Waals surface area contributed by atoms with Gasteiger partial charge in [0.2, 0.25) is 0 Å². The molecule has 180 valence electrons. The highest BCUT2D eigenvalue weighted by Crippen LogP contribution is 2.62. The van der Waals surface area contributed by atoms with Gasteiger partial charge in [0.05, 0.1) is 25.2 Å². The predicted octanol–water partition coefficient (Wildman–Crippen LogP) is 3.73. The maximum atomic E-state index is 13.0. The summed E-state index contributed by atoms with van der Waals surface area (Å²) >= 11 is 0. The normalized spacial score (nSPS) is 42.6. The van der Waals surface area contributed by atoms with Crippen molar-refractivity contribution >= 4 is 11.7 Å². The van der Waals surface area contributed by atoms with Crippen molar-refractivity contribution < 1.29 is 19.0 Å². The molecule has 6 nitrogen and oxygen atoms in total. The van der Waals surface area contributed by atoms with Crippen LogP contribution in [0.1, 0.15) is 46.0 Å². The molecule has 3 heterocycles. The predicted molar refractivity (Wildman–Crippen MR) is 126 cm³/mol. The van der Waals surface area contributed by atoms with Crippen molar-refractivity contribution in [2.45, 2.75) is 63.7 Å². The average molecular weight is 455 g/mol. The molecule has 7 atom stereocenters. The summed E-state index contributed by atoms with van der Waals surface area (Å²) in [7, 11) is 1.70. The van der Waals surface area contributed by atoms with Crippen molar-refractivity contribution in [2.24, 2.45) is 23.2 Å². The van der Waals surface area contributed by atoms with Gasteiger partial charge in [-0.1, -0.05) is 6.92 Å². The van der Waals surface area contributed by atoms with Crippen LogP contribution in [-0.2, 0) is 14.3 Å². The van der Waals surface area contributed by atoms with Crippen LogP contribution in [0, 0.1) is 23.2 Å². The van der Waals surface area contributed by atoms with Crippen molar-refractivity contribution in [3.8, 4) is 5.75 Å². The van der Waals surface area contributed by atoms with Gasteiger partial charge in [0.15, 0.2) is 0 Å². The van der Waals surface area contributed by atoms with Crippen molar-refractivity contribution in [3.05, 3.63) is 24.3 Å². The van der Waals surface area contributed by atoms with E-state index in [0.29, 0.717) is 17.9 Å². The Balaban J connectivity index is 1.12. The number of ether oxygens (including phenoxy) is 3. The third-order valence-corrected chi connectivity index (χ3v) is 9.65. The van der Waals surface area contributed by atoms with Gasteiger partial charge in [-0.15, -0.1) is 0 Å². The molecule has 3 aliphatic heterocycles. The smallest absolute Gasteiger partial charge is 0.310 e. The lowest BCUT2D eigenvalue weighted by molar-refractivity contribution is -0.147. The van der Waals surface area contributed by atoms with Gasteiger partial charge in [-0.3, -0.25) is 9.69 Å².